The monoisotopic (exact) mass is 703 g/mol. The molecule has 0 radical (unpaired) electrons. The smallest absolute Gasteiger partial charge is 0.331 e. The quantitative estimate of drug-likeness (QED) is 0.140. The first-order valence-electron chi connectivity index (χ1n) is 18.0. The van der Waals surface area contributed by atoms with Crippen molar-refractivity contribution in [1.29, 1.82) is 0 Å². The minimum absolute atomic E-state index is 0.0147. The Morgan fingerprint density at radius 3 is 1.08 bits per heavy atom. The van der Waals surface area contributed by atoms with Crippen molar-refractivity contribution in [2.75, 3.05) is 7.11 Å². The van der Waals surface area contributed by atoms with Gasteiger partial charge in [0.15, 0.2) is 0 Å². The zero-order valence-electron chi connectivity index (χ0n) is 32.9. The number of hydrogen-bond donors (Lipinski definition) is 2. The minimum Gasteiger partial charge on any atom is -0.507 e. The Labute approximate surface area is 308 Å². The number of ether oxygens (including phenoxy) is 3. The maximum atomic E-state index is 11.3. The zero-order chi connectivity index (χ0) is 38.2. The highest BCUT2D eigenvalue weighted by molar-refractivity contribution is 5.56. The van der Waals surface area contributed by atoms with Crippen molar-refractivity contribution < 1.29 is 24.4 Å². The Hall–Kier alpha value is -5.11. The van der Waals surface area contributed by atoms with Crippen molar-refractivity contribution in [2.45, 2.75) is 94.9 Å². The lowest BCUT2D eigenvalue weighted by Crippen LogP contribution is -2.13. The number of benzene rings is 4. The molecule has 0 spiro atoms. The first-order chi connectivity index (χ1) is 24.5. The van der Waals surface area contributed by atoms with Gasteiger partial charge in [0.2, 0.25) is 0 Å². The number of rotatable bonds is 11. The van der Waals surface area contributed by atoms with Crippen LogP contribution in [0.15, 0.2) is 48.5 Å². The van der Waals surface area contributed by atoms with Gasteiger partial charge in [-0.1, -0.05) is 98.5 Å². The fourth-order valence-electron chi connectivity index (χ4n) is 7.63. The summed E-state index contributed by atoms with van der Waals surface area (Å²) in [5.41, 5.74) is 11.3. The molecule has 0 amide bonds. The number of hydrogen-bond acceptors (Lipinski definition) is 8. The summed E-state index contributed by atoms with van der Waals surface area (Å²) in [7, 11) is 1.49. The first kappa shape index (κ1) is 38.1. The van der Waals surface area contributed by atoms with Gasteiger partial charge in [-0.15, -0.1) is 15.0 Å². The second-order valence-electron chi connectivity index (χ2n) is 15.1. The Morgan fingerprint density at radius 2 is 0.750 bits per heavy atom. The van der Waals surface area contributed by atoms with Crippen molar-refractivity contribution in [1.82, 2.24) is 15.0 Å². The summed E-state index contributed by atoms with van der Waals surface area (Å²) in [5, 5.41) is 22.6. The fraction of sp³-hybridized carbons (Fsp3) is 0.386. The molecule has 52 heavy (non-hydrogen) atoms. The Balaban J connectivity index is 1.63. The summed E-state index contributed by atoms with van der Waals surface area (Å²) in [6.07, 6.45) is 0. The maximum Gasteiger partial charge on any atom is 0.331 e. The van der Waals surface area contributed by atoms with E-state index in [1.54, 1.807) is 0 Å². The third-order valence-corrected chi connectivity index (χ3v) is 9.66. The predicted octanol–water partition coefficient (Wildman–Crippen LogP) is 10.9. The van der Waals surface area contributed by atoms with Crippen LogP contribution < -0.4 is 14.2 Å². The van der Waals surface area contributed by atoms with E-state index >= 15 is 0 Å². The van der Waals surface area contributed by atoms with Crippen molar-refractivity contribution in [3.8, 4) is 41.0 Å². The predicted molar refractivity (Wildman–Crippen MR) is 207 cm³/mol. The second kappa shape index (κ2) is 15.2. The first-order valence-corrected chi connectivity index (χ1v) is 18.0. The van der Waals surface area contributed by atoms with Crippen LogP contribution in [0, 0.1) is 67.2 Å². The number of methoxy groups -OCH3 is 1. The number of aromatic nitrogens is 3. The summed E-state index contributed by atoms with van der Waals surface area (Å²) in [5.74, 6) is 1.64. The Bertz CT molecular complexity index is 1980. The molecule has 2 unspecified atom stereocenters. The summed E-state index contributed by atoms with van der Waals surface area (Å²) in [4.78, 5) is 13.7. The number of phenols is 2. The van der Waals surface area contributed by atoms with Gasteiger partial charge in [-0.25, -0.2) is 0 Å². The van der Waals surface area contributed by atoms with Crippen LogP contribution in [0.5, 0.6) is 41.0 Å². The molecule has 0 saturated heterocycles. The zero-order valence-corrected chi connectivity index (χ0v) is 32.9. The lowest BCUT2D eigenvalue weighted by Gasteiger charge is -2.27. The molecule has 0 bridgehead atoms. The van der Waals surface area contributed by atoms with E-state index < -0.39 is 0 Å². The van der Waals surface area contributed by atoms with E-state index in [4.69, 9.17) is 14.2 Å². The van der Waals surface area contributed by atoms with Crippen LogP contribution in [0.25, 0.3) is 0 Å². The van der Waals surface area contributed by atoms with Gasteiger partial charge in [-0.2, -0.15) is 0 Å². The van der Waals surface area contributed by atoms with Gasteiger partial charge >= 0.3 is 18.0 Å². The highest BCUT2D eigenvalue weighted by Crippen LogP contribution is 2.47. The van der Waals surface area contributed by atoms with Crippen molar-refractivity contribution in [3.63, 3.8) is 0 Å². The average molecular weight is 704 g/mol. The normalized spacial score (nSPS) is 12.7. The van der Waals surface area contributed by atoms with E-state index in [0.717, 1.165) is 66.8 Å². The summed E-state index contributed by atoms with van der Waals surface area (Å²) < 4.78 is 18.8. The highest BCUT2D eigenvalue weighted by Gasteiger charge is 2.30. The van der Waals surface area contributed by atoms with Gasteiger partial charge in [0.1, 0.15) is 23.0 Å². The van der Waals surface area contributed by atoms with E-state index in [-0.39, 0.29) is 53.2 Å². The van der Waals surface area contributed by atoms with E-state index in [9.17, 15) is 10.2 Å². The highest BCUT2D eigenvalue weighted by atomic mass is 16.5. The molecular weight excluding hydrogens is 651 g/mol. The number of phenolic OH excluding ortho intramolecular Hbond substituents is 2. The molecule has 0 saturated carbocycles. The number of nitrogens with zero attached hydrogens (tertiary/aromatic N) is 3. The lowest BCUT2D eigenvalue weighted by molar-refractivity contribution is 0.332. The average Bonchev–Trinajstić information content (AvgIpc) is 3.04. The molecule has 4 aromatic carbocycles. The SMILES string of the molecule is COc1nc(Oc2c(C)cc(C)cc2C(c2cc(C)cc(C)c2O)C(C)C)nc(Oc2c(C)cc(C)cc2C(c2cc(C)cc(C)c2O)C(C)C)n1. The lowest BCUT2D eigenvalue weighted by atomic mass is 9.79. The van der Waals surface area contributed by atoms with Crippen LogP contribution in [0.4, 0.5) is 0 Å². The maximum absolute atomic E-state index is 11.3. The van der Waals surface area contributed by atoms with Crippen molar-refractivity contribution >= 4 is 0 Å². The van der Waals surface area contributed by atoms with Crippen molar-refractivity contribution in [2.24, 2.45) is 11.8 Å². The van der Waals surface area contributed by atoms with E-state index in [1.807, 2.05) is 53.7 Å². The van der Waals surface area contributed by atoms with Crippen LogP contribution in [0.1, 0.15) is 106 Å². The Kier molecular flexibility index (Phi) is 11.2. The molecule has 5 aromatic rings. The molecule has 274 valence electrons. The third kappa shape index (κ3) is 7.86. The standard InChI is InChI=1S/C44H53N3O5/c1-22(2)36(32-18-24(5)14-28(9)38(32)48)34-20-26(7)16-30(11)40(34)51-43-45-42(50-13)46-44(47-43)52-41-31(12)17-27(8)21-35(41)37(23(3)4)33-19-25(6)15-29(10)39(33)49/h14-23,36-37,48-49H,1-13H3. The molecule has 2 N–H and O–H groups in total. The molecule has 0 fully saturated rings. The van der Waals surface area contributed by atoms with E-state index in [0.29, 0.717) is 11.5 Å². The molecule has 0 aliphatic rings. The van der Waals surface area contributed by atoms with Crippen LogP contribution in [0.2, 0.25) is 0 Å². The second-order valence-corrected chi connectivity index (χ2v) is 15.1. The molecule has 8 heteroatoms. The molecule has 5 rings (SSSR count). The van der Waals surface area contributed by atoms with Gasteiger partial charge < -0.3 is 24.4 Å². The van der Waals surface area contributed by atoms with E-state index in [1.165, 1.54) is 7.11 Å². The van der Waals surface area contributed by atoms with Gasteiger partial charge in [-0.05, 0) is 89.5 Å². The summed E-state index contributed by atoms with van der Waals surface area (Å²) in [6.45, 7) is 24.6. The topological polar surface area (TPSA) is 107 Å². The fourth-order valence-corrected chi connectivity index (χ4v) is 7.63. The van der Waals surface area contributed by atoms with Gasteiger partial charge in [0, 0.05) is 34.1 Å². The van der Waals surface area contributed by atoms with Crippen LogP contribution in [-0.4, -0.2) is 32.3 Å². The Morgan fingerprint density at radius 1 is 0.442 bits per heavy atom. The van der Waals surface area contributed by atoms with Crippen LogP contribution in [-0.2, 0) is 0 Å². The van der Waals surface area contributed by atoms with Gasteiger partial charge in [0.25, 0.3) is 0 Å². The van der Waals surface area contributed by atoms with Crippen LogP contribution in [0.3, 0.4) is 0 Å². The number of aryl methyl sites for hydroxylation is 8. The molecule has 1 aromatic heterocycles. The summed E-state index contributed by atoms with van der Waals surface area (Å²) >= 11 is 0. The molecule has 2 atom stereocenters. The third-order valence-electron chi connectivity index (χ3n) is 9.66. The number of aromatic hydroxyl groups is 2. The minimum atomic E-state index is -0.181. The molecule has 0 aliphatic carbocycles. The molecular formula is C44H53N3O5. The largest absolute Gasteiger partial charge is 0.507 e. The van der Waals surface area contributed by atoms with Crippen LogP contribution >= 0.6 is 0 Å². The summed E-state index contributed by atoms with van der Waals surface area (Å²) in [6, 6.07) is 16.5. The van der Waals surface area contributed by atoms with Crippen molar-refractivity contribution in [3.05, 3.63) is 115 Å². The molecule has 8 nitrogen and oxygen atoms in total. The van der Waals surface area contributed by atoms with Gasteiger partial charge in [0.05, 0.1) is 7.11 Å². The van der Waals surface area contributed by atoms with E-state index in [2.05, 4.69) is 92.9 Å². The molecule has 0 aliphatic heterocycles. The van der Waals surface area contributed by atoms with Gasteiger partial charge in [-0.3, -0.25) is 0 Å². The molecule has 1 heterocycles.